The lowest BCUT2D eigenvalue weighted by atomic mass is 10.0. The zero-order valence-corrected chi connectivity index (χ0v) is 13.7. The highest BCUT2D eigenvalue weighted by atomic mass is 16.5. The molecule has 0 atom stereocenters. The van der Waals surface area contributed by atoms with Gasteiger partial charge in [-0.25, -0.2) is 0 Å². The van der Waals surface area contributed by atoms with Crippen LogP contribution in [0.2, 0.25) is 0 Å². The monoisotopic (exact) mass is 330 g/mol. The summed E-state index contributed by atoms with van der Waals surface area (Å²) in [5.74, 6) is 2.13. The van der Waals surface area contributed by atoms with Gasteiger partial charge in [0.2, 0.25) is 0 Å². The fraction of sp³-hybridized carbons (Fsp3) is 0.0455. The number of ketones is 1. The van der Waals surface area contributed by atoms with Gasteiger partial charge in [-0.1, -0.05) is 43.0 Å². The summed E-state index contributed by atoms with van der Waals surface area (Å²) in [5, 5.41) is 0. The first-order valence-electron chi connectivity index (χ1n) is 7.98. The second-order valence-electron chi connectivity index (χ2n) is 5.39. The van der Waals surface area contributed by atoms with E-state index in [-0.39, 0.29) is 5.78 Å². The smallest absolute Gasteiger partial charge is 0.193 e. The second-order valence-corrected chi connectivity index (χ2v) is 5.39. The van der Waals surface area contributed by atoms with E-state index in [0.717, 1.165) is 5.75 Å². The molecular weight excluding hydrogens is 312 g/mol. The molecule has 0 saturated heterocycles. The lowest BCUT2D eigenvalue weighted by molar-refractivity contribution is 0.103. The van der Waals surface area contributed by atoms with Crippen LogP contribution in [0.25, 0.3) is 0 Å². The molecule has 0 aliphatic rings. The van der Waals surface area contributed by atoms with Crippen LogP contribution in [0.4, 0.5) is 0 Å². The molecule has 3 aromatic carbocycles. The summed E-state index contributed by atoms with van der Waals surface area (Å²) in [6.07, 6.45) is 1.70. The van der Waals surface area contributed by atoms with Crippen LogP contribution in [0.15, 0.2) is 91.5 Å². The van der Waals surface area contributed by atoms with Gasteiger partial charge in [0, 0.05) is 11.1 Å². The zero-order chi connectivity index (χ0) is 17.5. The van der Waals surface area contributed by atoms with Gasteiger partial charge in [0.25, 0.3) is 0 Å². The molecule has 0 amide bonds. The summed E-state index contributed by atoms with van der Waals surface area (Å²) in [7, 11) is 0. The Kier molecular flexibility index (Phi) is 5.27. The lowest BCUT2D eigenvalue weighted by Crippen LogP contribution is -2.00. The van der Waals surface area contributed by atoms with Crippen molar-refractivity contribution in [3.63, 3.8) is 0 Å². The van der Waals surface area contributed by atoms with Crippen LogP contribution in [0.3, 0.4) is 0 Å². The Balaban J connectivity index is 1.66. The molecule has 0 N–H and O–H groups in total. The van der Waals surface area contributed by atoms with Crippen molar-refractivity contribution in [2.24, 2.45) is 0 Å². The predicted molar refractivity (Wildman–Crippen MR) is 98.5 cm³/mol. The number of hydrogen-bond donors (Lipinski definition) is 0. The molecule has 3 heteroatoms. The van der Waals surface area contributed by atoms with Crippen LogP contribution in [-0.4, -0.2) is 12.4 Å². The fourth-order valence-corrected chi connectivity index (χ4v) is 2.33. The molecular formula is C22H18O3. The van der Waals surface area contributed by atoms with Crippen LogP contribution in [-0.2, 0) is 0 Å². The van der Waals surface area contributed by atoms with Crippen molar-refractivity contribution in [3.8, 4) is 17.2 Å². The summed E-state index contributed by atoms with van der Waals surface area (Å²) in [6, 6.07) is 23.7. The minimum absolute atomic E-state index is 0.00382. The second kappa shape index (κ2) is 7.97. The highest BCUT2D eigenvalue weighted by Crippen LogP contribution is 2.24. The normalized spacial score (nSPS) is 10.1. The summed E-state index contributed by atoms with van der Waals surface area (Å²) >= 11 is 0. The van der Waals surface area contributed by atoms with Crippen molar-refractivity contribution in [2.75, 3.05) is 6.61 Å². The largest absolute Gasteiger partial charge is 0.490 e. The number of carbonyl (C=O) groups is 1. The van der Waals surface area contributed by atoms with Gasteiger partial charge in [0.1, 0.15) is 23.9 Å². The Bertz CT molecular complexity index is 835. The van der Waals surface area contributed by atoms with Gasteiger partial charge in [-0.15, -0.1) is 0 Å². The van der Waals surface area contributed by atoms with E-state index in [0.29, 0.717) is 29.2 Å². The van der Waals surface area contributed by atoms with Crippen LogP contribution >= 0.6 is 0 Å². The predicted octanol–water partition coefficient (Wildman–Crippen LogP) is 5.27. The SMILES string of the molecule is C=CCOc1ccc(Oc2ccc(C(=O)c3ccccc3)cc2)cc1. The van der Waals surface area contributed by atoms with Gasteiger partial charge in [-0.2, -0.15) is 0 Å². The van der Waals surface area contributed by atoms with Gasteiger partial charge in [0.15, 0.2) is 5.78 Å². The van der Waals surface area contributed by atoms with E-state index in [4.69, 9.17) is 9.47 Å². The lowest BCUT2D eigenvalue weighted by Gasteiger charge is -2.08. The number of rotatable bonds is 7. The quantitative estimate of drug-likeness (QED) is 0.437. The van der Waals surface area contributed by atoms with E-state index < -0.39 is 0 Å². The first kappa shape index (κ1) is 16.5. The Labute approximate surface area is 147 Å². The molecule has 0 saturated carbocycles. The van der Waals surface area contributed by atoms with Gasteiger partial charge in [-0.3, -0.25) is 4.79 Å². The molecule has 0 radical (unpaired) electrons. The van der Waals surface area contributed by atoms with E-state index in [2.05, 4.69) is 6.58 Å². The molecule has 0 bridgehead atoms. The Morgan fingerprint density at radius 2 is 1.28 bits per heavy atom. The molecule has 124 valence electrons. The fourth-order valence-electron chi connectivity index (χ4n) is 2.33. The Hall–Kier alpha value is -3.33. The highest BCUT2D eigenvalue weighted by Gasteiger charge is 2.08. The molecule has 0 aliphatic heterocycles. The molecule has 0 unspecified atom stereocenters. The van der Waals surface area contributed by atoms with Crippen molar-refractivity contribution < 1.29 is 14.3 Å². The average molecular weight is 330 g/mol. The Morgan fingerprint density at radius 3 is 1.88 bits per heavy atom. The topological polar surface area (TPSA) is 35.5 Å². The molecule has 3 nitrogen and oxygen atoms in total. The van der Waals surface area contributed by atoms with Gasteiger partial charge in [0.05, 0.1) is 0 Å². The summed E-state index contributed by atoms with van der Waals surface area (Å²) in [5.41, 5.74) is 1.30. The number of benzene rings is 3. The van der Waals surface area contributed by atoms with Gasteiger partial charge >= 0.3 is 0 Å². The number of hydrogen-bond acceptors (Lipinski definition) is 3. The van der Waals surface area contributed by atoms with Gasteiger partial charge < -0.3 is 9.47 Å². The molecule has 0 aliphatic carbocycles. The summed E-state index contributed by atoms with van der Waals surface area (Å²) in [6.45, 7) is 4.08. The zero-order valence-electron chi connectivity index (χ0n) is 13.7. The van der Waals surface area contributed by atoms with E-state index in [1.54, 1.807) is 30.3 Å². The molecule has 3 aromatic rings. The third-order valence-corrected chi connectivity index (χ3v) is 3.58. The third kappa shape index (κ3) is 4.36. The van der Waals surface area contributed by atoms with Crippen molar-refractivity contribution in [1.29, 1.82) is 0 Å². The maximum atomic E-state index is 12.4. The van der Waals surface area contributed by atoms with E-state index >= 15 is 0 Å². The van der Waals surface area contributed by atoms with Crippen LogP contribution < -0.4 is 9.47 Å². The van der Waals surface area contributed by atoms with E-state index in [1.807, 2.05) is 54.6 Å². The standard InChI is InChI=1S/C22H18O3/c1-2-16-24-19-12-14-21(15-13-19)25-20-10-8-18(9-11-20)22(23)17-6-4-3-5-7-17/h2-15H,1,16H2. The van der Waals surface area contributed by atoms with Crippen molar-refractivity contribution in [3.05, 3.63) is 103 Å². The number of ether oxygens (including phenoxy) is 2. The molecule has 0 aromatic heterocycles. The summed E-state index contributed by atoms with van der Waals surface area (Å²) in [4.78, 5) is 12.4. The first-order chi connectivity index (χ1) is 12.3. The van der Waals surface area contributed by atoms with E-state index in [1.165, 1.54) is 0 Å². The minimum atomic E-state index is -0.00382. The third-order valence-electron chi connectivity index (χ3n) is 3.58. The van der Waals surface area contributed by atoms with Crippen LogP contribution in [0.1, 0.15) is 15.9 Å². The van der Waals surface area contributed by atoms with Crippen molar-refractivity contribution in [2.45, 2.75) is 0 Å². The Morgan fingerprint density at radius 1 is 0.760 bits per heavy atom. The van der Waals surface area contributed by atoms with Crippen molar-refractivity contribution >= 4 is 5.78 Å². The van der Waals surface area contributed by atoms with Crippen LogP contribution in [0.5, 0.6) is 17.2 Å². The molecule has 0 fully saturated rings. The van der Waals surface area contributed by atoms with E-state index in [9.17, 15) is 4.79 Å². The molecule has 3 rings (SSSR count). The van der Waals surface area contributed by atoms with Gasteiger partial charge in [-0.05, 0) is 48.5 Å². The number of carbonyl (C=O) groups excluding carboxylic acids is 1. The molecule has 0 heterocycles. The van der Waals surface area contributed by atoms with Crippen molar-refractivity contribution in [1.82, 2.24) is 0 Å². The maximum Gasteiger partial charge on any atom is 0.193 e. The first-order valence-corrected chi connectivity index (χ1v) is 7.98. The maximum absolute atomic E-state index is 12.4. The average Bonchev–Trinajstić information content (AvgIpc) is 2.68. The molecule has 0 spiro atoms. The highest BCUT2D eigenvalue weighted by molar-refractivity contribution is 6.08. The van der Waals surface area contributed by atoms with Crippen LogP contribution in [0, 0.1) is 0 Å². The molecule has 25 heavy (non-hydrogen) atoms. The summed E-state index contributed by atoms with van der Waals surface area (Å²) < 4.78 is 11.2. The minimum Gasteiger partial charge on any atom is -0.490 e.